The van der Waals surface area contributed by atoms with Crippen molar-refractivity contribution in [1.29, 1.82) is 0 Å². The van der Waals surface area contributed by atoms with Gasteiger partial charge < -0.3 is 9.84 Å². The van der Waals surface area contributed by atoms with Crippen molar-refractivity contribution in [3.05, 3.63) is 11.9 Å². The maximum atomic E-state index is 11.8. The van der Waals surface area contributed by atoms with Gasteiger partial charge in [0.25, 0.3) is 0 Å². The van der Waals surface area contributed by atoms with Gasteiger partial charge in [0.1, 0.15) is 6.61 Å². The van der Waals surface area contributed by atoms with Crippen molar-refractivity contribution in [2.24, 2.45) is 0 Å². The minimum atomic E-state index is -4.27. The molecule has 8 heteroatoms. The first kappa shape index (κ1) is 14.9. The van der Waals surface area contributed by atoms with Crippen LogP contribution in [0.15, 0.2) is 6.20 Å². The lowest BCUT2D eigenvalue weighted by Crippen LogP contribution is -2.17. The molecule has 0 spiro atoms. The molecule has 0 saturated heterocycles. The van der Waals surface area contributed by atoms with E-state index in [1.54, 1.807) is 10.9 Å². The fraction of sp³-hybridized carbons (Fsp3) is 0.800. The minimum Gasteiger partial charge on any atom is -0.396 e. The number of ether oxygens (including phenoxy) is 1. The third-order valence-corrected chi connectivity index (χ3v) is 2.12. The topological polar surface area (TPSA) is 60.2 Å². The molecule has 5 nitrogen and oxygen atoms in total. The normalized spacial score (nSPS) is 12.0. The molecule has 1 aromatic heterocycles. The van der Waals surface area contributed by atoms with Crippen LogP contribution in [0, 0.1) is 0 Å². The number of rotatable bonds is 8. The third-order valence-electron chi connectivity index (χ3n) is 2.12. The van der Waals surface area contributed by atoms with Crippen molar-refractivity contribution in [1.82, 2.24) is 15.0 Å². The van der Waals surface area contributed by atoms with Gasteiger partial charge in [0.2, 0.25) is 0 Å². The second-order valence-electron chi connectivity index (χ2n) is 3.82. The van der Waals surface area contributed by atoms with Crippen LogP contribution in [-0.4, -0.2) is 46.1 Å². The molecule has 18 heavy (non-hydrogen) atoms. The van der Waals surface area contributed by atoms with E-state index in [0.29, 0.717) is 25.8 Å². The highest BCUT2D eigenvalue weighted by atomic mass is 19.4. The Balaban J connectivity index is 2.13. The maximum Gasteiger partial charge on any atom is 0.411 e. The van der Waals surface area contributed by atoms with E-state index in [1.165, 1.54) is 0 Å². The molecule has 0 aliphatic rings. The Labute approximate surface area is 103 Å². The summed E-state index contributed by atoms with van der Waals surface area (Å²) in [5.74, 6) is 0. The SMILES string of the molecule is OCCCc1cn(CCCOCC(F)(F)F)nn1. The summed E-state index contributed by atoms with van der Waals surface area (Å²) in [5.41, 5.74) is 0.764. The number of halogens is 3. The van der Waals surface area contributed by atoms with E-state index in [0.717, 1.165) is 5.69 Å². The molecule has 0 fully saturated rings. The first-order valence-corrected chi connectivity index (χ1v) is 5.65. The van der Waals surface area contributed by atoms with Crippen LogP contribution in [0.25, 0.3) is 0 Å². The van der Waals surface area contributed by atoms with Crippen LogP contribution >= 0.6 is 0 Å². The molecule has 0 bridgehead atoms. The predicted molar refractivity (Wildman–Crippen MR) is 56.9 cm³/mol. The standard InChI is InChI=1S/C10H16F3N3O2/c11-10(12,13)8-18-6-2-4-16-7-9(14-15-16)3-1-5-17/h7,17H,1-6,8H2. The molecule has 1 heterocycles. The number of nitrogens with zero attached hydrogens (tertiary/aromatic N) is 3. The number of hydrogen-bond donors (Lipinski definition) is 1. The van der Waals surface area contributed by atoms with Gasteiger partial charge in [-0.15, -0.1) is 5.10 Å². The summed E-state index contributed by atoms with van der Waals surface area (Å²) in [7, 11) is 0. The molecule has 0 aromatic carbocycles. The van der Waals surface area contributed by atoms with Gasteiger partial charge in [-0.1, -0.05) is 5.21 Å². The highest BCUT2D eigenvalue weighted by molar-refractivity contribution is 4.91. The lowest BCUT2D eigenvalue weighted by atomic mass is 10.3. The molecule has 104 valence electrons. The van der Waals surface area contributed by atoms with Crippen LogP contribution in [0.4, 0.5) is 13.2 Å². The summed E-state index contributed by atoms with van der Waals surface area (Å²) in [5, 5.41) is 16.3. The fourth-order valence-corrected chi connectivity index (χ4v) is 1.34. The number of aromatic nitrogens is 3. The molecule has 0 saturated carbocycles. The monoisotopic (exact) mass is 267 g/mol. The Kier molecular flexibility index (Phi) is 6.06. The van der Waals surface area contributed by atoms with Gasteiger partial charge in [-0.2, -0.15) is 13.2 Å². The Morgan fingerprint density at radius 1 is 1.33 bits per heavy atom. The van der Waals surface area contributed by atoms with Crippen LogP contribution in [0.1, 0.15) is 18.5 Å². The summed E-state index contributed by atoms with van der Waals surface area (Å²) in [6.45, 7) is -0.625. The summed E-state index contributed by atoms with van der Waals surface area (Å²) in [4.78, 5) is 0. The zero-order chi connectivity index (χ0) is 13.4. The van der Waals surface area contributed by atoms with Crippen molar-refractivity contribution in [2.45, 2.75) is 32.0 Å². The second-order valence-corrected chi connectivity index (χ2v) is 3.82. The molecular weight excluding hydrogens is 251 g/mol. The van der Waals surface area contributed by atoms with Crippen molar-refractivity contribution >= 4 is 0 Å². The molecule has 0 radical (unpaired) electrons. The number of alkyl halides is 3. The molecule has 0 aliphatic heterocycles. The van der Waals surface area contributed by atoms with Gasteiger partial charge in [-0.25, -0.2) is 0 Å². The van der Waals surface area contributed by atoms with E-state index in [9.17, 15) is 13.2 Å². The van der Waals surface area contributed by atoms with Crippen LogP contribution < -0.4 is 0 Å². The molecule has 0 amide bonds. The molecular formula is C10H16F3N3O2. The predicted octanol–water partition coefficient (Wildman–Crippen LogP) is 1.17. The Morgan fingerprint density at radius 3 is 2.78 bits per heavy atom. The largest absolute Gasteiger partial charge is 0.411 e. The zero-order valence-corrected chi connectivity index (χ0v) is 9.86. The van der Waals surface area contributed by atoms with Gasteiger partial charge >= 0.3 is 6.18 Å². The first-order valence-electron chi connectivity index (χ1n) is 5.65. The Morgan fingerprint density at radius 2 is 2.11 bits per heavy atom. The van der Waals surface area contributed by atoms with E-state index < -0.39 is 12.8 Å². The molecule has 1 rings (SSSR count). The molecule has 0 unspecified atom stereocenters. The number of hydrogen-bond acceptors (Lipinski definition) is 4. The molecule has 1 N–H and O–H groups in total. The number of aliphatic hydroxyl groups is 1. The van der Waals surface area contributed by atoms with Crippen molar-refractivity contribution in [3.63, 3.8) is 0 Å². The maximum absolute atomic E-state index is 11.8. The second kappa shape index (κ2) is 7.32. The molecule has 0 atom stereocenters. The van der Waals surface area contributed by atoms with Crippen LogP contribution in [0.5, 0.6) is 0 Å². The van der Waals surface area contributed by atoms with Gasteiger partial charge in [-0.3, -0.25) is 4.68 Å². The van der Waals surface area contributed by atoms with E-state index >= 15 is 0 Å². The fourth-order valence-electron chi connectivity index (χ4n) is 1.34. The highest BCUT2D eigenvalue weighted by Crippen LogP contribution is 2.14. The Bertz CT molecular complexity index is 341. The van der Waals surface area contributed by atoms with E-state index in [1.807, 2.05) is 0 Å². The van der Waals surface area contributed by atoms with E-state index in [2.05, 4.69) is 15.0 Å². The van der Waals surface area contributed by atoms with E-state index in [-0.39, 0.29) is 13.2 Å². The summed E-state index contributed by atoms with van der Waals surface area (Å²) < 4.78 is 41.3. The molecule has 1 aromatic rings. The number of aliphatic hydroxyl groups excluding tert-OH is 1. The minimum absolute atomic E-state index is 0.0331. The van der Waals surface area contributed by atoms with Gasteiger partial charge in [0, 0.05) is 26.0 Å². The average Bonchev–Trinajstić information content (AvgIpc) is 2.72. The Hall–Kier alpha value is -1.15. The van der Waals surface area contributed by atoms with Crippen molar-refractivity contribution < 1.29 is 23.0 Å². The van der Waals surface area contributed by atoms with E-state index in [4.69, 9.17) is 5.11 Å². The van der Waals surface area contributed by atoms with Crippen LogP contribution in [-0.2, 0) is 17.7 Å². The molecule has 0 aliphatic carbocycles. The van der Waals surface area contributed by atoms with Crippen molar-refractivity contribution in [2.75, 3.05) is 19.8 Å². The summed E-state index contributed by atoms with van der Waals surface area (Å²) in [6.07, 6.45) is -0.850. The van der Waals surface area contributed by atoms with Crippen molar-refractivity contribution in [3.8, 4) is 0 Å². The first-order chi connectivity index (χ1) is 8.51. The van der Waals surface area contributed by atoms with Gasteiger partial charge in [0.15, 0.2) is 0 Å². The number of aryl methyl sites for hydroxylation is 2. The smallest absolute Gasteiger partial charge is 0.396 e. The quantitative estimate of drug-likeness (QED) is 0.718. The summed E-state index contributed by atoms with van der Waals surface area (Å²) in [6, 6.07) is 0. The lowest BCUT2D eigenvalue weighted by molar-refractivity contribution is -0.174. The van der Waals surface area contributed by atoms with Gasteiger partial charge in [-0.05, 0) is 19.3 Å². The lowest BCUT2D eigenvalue weighted by Gasteiger charge is -2.06. The average molecular weight is 267 g/mol. The zero-order valence-electron chi connectivity index (χ0n) is 9.86. The van der Waals surface area contributed by atoms with Gasteiger partial charge in [0.05, 0.1) is 5.69 Å². The summed E-state index contributed by atoms with van der Waals surface area (Å²) >= 11 is 0. The third kappa shape index (κ3) is 6.55. The van der Waals surface area contributed by atoms with Crippen LogP contribution in [0.2, 0.25) is 0 Å². The highest BCUT2D eigenvalue weighted by Gasteiger charge is 2.27. The van der Waals surface area contributed by atoms with Crippen LogP contribution in [0.3, 0.4) is 0 Å².